The first-order valence-corrected chi connectivity index (χ1v) is 10.8. The molecule has 176 valence electrons. The fourth-order valence-electron chi connectivity index (χ4n) is 3.78. The van der Waals surface area contributed by atoms with Gasteiger partial charge in [0.25, 0.3) is 0 Å². The van der Waals surface area contributed by atoms with E-state index in [1.54, 1.807) is 0 Å². The van der Waals surface area contributed by atoms with Crippen molar-refractivity contribution in [2.75, 3.05) is 25.9 Å². The van der Waals surface area contributed by atoms with Gasteiger partial charge in [-0.15, -0.1) is 0 Å². The van der Waals surface area contributed by atoms with Gasteiger partial charge in [0.1, 0.15) is 11.4 Å². The third kappa shape index (κ3) is 5.24. The first-order valence-electron chi connectivity index (χ1n) is 10.8. The molecule has 2 aromatic carbocycles. The molecule has 10 nitrogen and oxygen atoms in total. The number of nitrogens with zero attached hydrogens (tertiary/aromatic N) is 4. The van der Waals surface area contributed by atoms with Crippen LogP contribution >= 0.6 is 0 Å². The molecule has 2 heterocycles. The number of para-hydroxylation sites is 1. The zero-order valence-electron chi connectivity index (χ0n) is 18.8. The van der Waals surface area contributed by atoms with Crippen LogP contribution in [0.5, 0.6) is 0 Å². The number of likely N-dealkylation sites (tertiary alicyclic amines) is 1. The molecule has 0 saturated carbocycles. The van der Waals surface area contributed by atoms with Crippen LogP contribution in [0.25, 0.3) is 5.69 Å². The number of carbonyl (C=O) groups excluding carboxylic acids is 2. The normalized spacial score (nSPS) is 14.4. The number of ether oxygens (including phenoxy) is 1. The summed E-state index contributed by atoms with van der Waals surface area (Å²) in [7, 11) is 1.41. The fraction of sp³-hybridized carbons (Fsp3) is 0.250. The van der Waals surface area contributed by atoms with E-state index in [9.17, 15) is 9.59 Å². The van der Waals surface area contributed by atoms with E-state index in [1.165, 1.54) is 18.0 Å². The van der Waals surface area contributed by atoms with Gasteiger partial charge in [-0.3, -0.25) is 9.69 Å². The van der Waals surface area contributed by atoms with Crippen LogP contribution in [0.4, 0.5) is 5.82 Å². The van der Waals surface area contributed by atoms with E-state index in [-0.39, 0.29) is 23.2 Å². The van der Waals surface area contributed by atoms with Crippen molar-refractivity contribution < 1.29 is 19.2 Å². The summed E-state index contributed by atoms with van der Waals surface area (Å²) < 4.78 is 6.15. The van der Waals surface area contributed by atoms with Crippen molar-refractivity contribution in [3.8, 4) is 5.69 Å². The minimum atomic E-state index is -0.751. The number of nitrogens with two attached hydrogens (primary N) is 2. The van der Waals surface area contributed by atoms with Crippen LogP contribution < -0.4 is 11.5 Å². The molecule has 0 bridgehead atoms. The summed E-state index contributed by atoms with van der Waals surface area (Å²) in [5.41, 5.74) is 14.6. The number of methoxy groups -OCH3 is 1. The van der Waals surface area contributed by atoms with Gasteiger partial charge in [-0.2, -0.15) is 5.10 Å². The Labute approximate surface area is 196 Å². The van der Waals surface area contributed by atoms with Crippen molar-refractivity contribution in [2.45, 2.75) is 13.0 Å². The first kappa shape index (κ1) is 23.0. The number of anilines is 1. The molecule has 1 saturated heterocycles. The van der Waals surface area contributed by atoms with Crippen molar-refractivity contribution in [3.05, 3.63) is 77.5 Å². The Hall–Kier alpha value is -4.18. The second kappa shape index (κ2) is 10.2. The van der Waals surface area contributed by atoms with Gasteiger partial charge in [0.2, 0.25) is 0 Å². The van der Waals surface area contributed by atoms with Gasteiger partial charge in [-0.1, -0.05) is 47.6 Å². The van der Waals surface area contributed by atoms with Gasteiger partial charge in [0.15, 0.2) is 5.84 Å². The van der Waals surface area contributed by atoms with Gasteiger partial charge in [0.05, 0.1) is 25.4 Å². The van der Waals surface area contributed by atoms with Crippen LogP contribution in [-0.4, -0.2) is 52.7 Å². The highest BCUT2D eigenvalue weighted by Gasteiger charge is 2.28. The number of hydrogen-bond acceptors (Lipinski definition) is 8. The Morgan fingerprint density at radius 2 is 1.82 bits per heavy atom. The largest absolute Gasteiger partial charge is 0.469 e. The molecule has 1 aliphatic heterocycles. The highest BCUT2D eigenvalue weighted by molar-refractivity contribution is 5.99. The number of amidine groups is 1. The van der Waals surface area contributed by atoms with Crippen LogP contribution in [0, 0.1) is 5.92 Å². The molecule has 3 aromatic rings. The Balaban J connectivity index is 1.31. The van der Waals surface area contributed by atoms with Crippen LogP contribution in [0.3, 0.4) is 0 Å². The number of nitrogen functional groups attached to an aromatic ring is 1. The number of benzene rings is 2. The summed E-state index contributed by atoms with van der Waals surface area (Å²) in [6.07, 6.45) is 1.78. The monoisotopic (exact) mass is 462 g/mol. The van der Waals surface area contributed by atoms with Crippen LogP contribution in [0.15, 0.2) is 65.9 Å². The fourth-order valence-corrected chi connectivity index (χ4v) is 3.78. The molecule has 0 unspecified atom stereocenters. The summed E-state index contributed by atoms with van der Waals surface area (Å²) in [6.45, 7) is 2.50. The molecule has 1 aliphatic rings. The van der Waals surface area contributed by atoms with E-state index >= 15 is 0 Å². The number of oxime groups is 1. The van der Waals surface area contributed by atoms with Crippen molar-refractivity contribution >= 4 is 23.6 Å². The van der Waals surface area contributed by atoms with Crippen molar-refractivity contribution in [1.82, 2.24) is 14.7 Å². The molecule has 4 rings (SSSR count). The summed E-state index contributed by atoms with van der Waals surface area (Å²) in [4.78, 5) is 31.0. The topological polar surface area (TPSA) is 138 Å². The number of aromatic nitrogens is 2. The Kier molecular flexibility index (Phi) is 6.88. The smallest absolute Gasteiger partial charge is 0.371 e. The number of hydrogen-bond donors (Lipinski definition) is 2. The number of esters is 1. The van der Waals surface area contributed by atoms with Crippen molar-refractivity contribution in [2.24, 2.45) is 16.8 Å². The van der Waals surface area contributed by atoms with E-state index in [0.29, 0.717) is 17.9 Å². The SMILES string of the molecule is COC(=O)CC1CN(Cc2ccc(/C(N)=N/OC(=O)c3cnn(-c4ccccc4)c3N)cc2)C1. The minimum absolute atomic E-state index is 0.0658. The Bertz CT molecular complexity index is 1180. The standard InChI is InChI=1S/C24H26N6O4/c1-33-21(31)11-17-14-29(15-17)13-16-7-9-18(10-8-16)22(25)28-34-24(32)20-12-27-30(23(20)26)19-5-3-2-4-6-19/h2-10,12,17H,11,13-15,26H2,1H3,(H2,25,28). The predicted molar refractivity (Wildman–Crippen MR) is 126 cm³/mol. The maximum absolute atomic E-state index is 12.4. The quantitative estimate of drug-likeness (QED) is 0.170. The average Bonchev–Trinajstić information content (AvgIpc) is 3.23. The lowest BCUT2D eigenvalue weighted by Crippen LogP contribution is -2.46. The molecular weight excluding hydrogens is 436 g/mol. The zero-order chi connectivity index (χ0) is 24.1. The first-order chi connectivity index (χ1) is 16.4. The third-order valence-corrected chi connectivity index (χ3v) is 5.63. The summed E-state index contributed by atoms with van der Waals surface area (Å²) in [5.74, 6) is -0.362. The molecule has 34 heavy (non-hydrogen) atoms. The summed E-state index contributed by atoms with van der Waals surface area (Å²) >= 11 is 0. The molecule has 0 aliphatic carbocycles. The maximum Gasteiger partial charge on any atom is 0.371 e. The van der Waals surface area contributed by atoms with Gasteiger partial charge in [0, 0.05) is 25.2 Å². The molecule has 4 N–H and O–H groups in total. The minimum Gasteiger partial charge on any atom is -0.469 e. The highest BCUT2D eigenvalue weighted by atomic mass is 16.7. The number of rotatable bonds is 8. The van der Waals surface area contributed by atoms with E-state index in [1.807, 2.05) is 54.6 Å². The maximum atomic E-state index is 12.4. The van der Waals surface area contributed by atoms with E-state index in [0.717, 1.165) is 30.9 Å². The van der Waals surface area contributed by atoms with Gasteiger partial charge < -0.3 is 21.0 Å². The lowest BCUT2D eigenvalue weighted by atomic mass is 9.95. The average molecular weight is 463 g/mol. The summed E-state index contributed by atoms with van der Waals surface area (Å²) in [6, 6.07) is 16.7. The van der Waals surface area contributed by atoms with Crippen LogP contribution in [0.1, 0.15) is 27.9 Å². The van der Waals surface area contributed by atoms with E-state index in [4.69, 9.17) is 21.0 Å². The van der Waals surface area contributed by atoms with E-state index < -0.39 is 5.97 Å². The van der Waals surface area contributed by atoms with Crippen molar-refractivity contribution in [1.29, 1.82) is 0 Å². The van der Waals surface area contributed by atoms with Gasteiger partial charge >= 0.3 is 11.9 Å². The zero-order valence-corrected chi connectivity index (χ0v) is 18.8. The molecule has 0 spiro atoms. The molecule has 0 atom stereocenters. The molecule has 0 amide bonds. The second-order valence-corrected chi connectivity index (χ2v) is 8.08. The van der Waals surface area contributed by atoms with Crippen LogP contribution in [0.2, 0.25) is 0 Å². The molecule has 1 aromatic heterocycles. The van der Waals surface area contributed by atoms with Crippen molar-refractivity contribution in [3.63, 3.8) is 0 Å². The molecule has 0 radical (unpaired) electrons. The predicted octanol–water partition coefficient (Wildman–Crippen LogP) is 1.93. The Morgan fingerprint density at radius 3 is 2.50 bits per heavy atom. The van der Waals surface area contributed by atoms with Crippen LogP contribution in [-0.2, 0) is 20.9 Å². The lowest BCUT2D eigenvalue weighted by Gasteiger charge is -2.38. The van der Waals surface area contributed by atoms with E-state index in [2.05, 4.69) is 15.2 Å². The third-order valence-electron chi connectivity index (χ3n) is 5.63. The Morgan fingerprint density at radius 1 is 1.12 bits per heavy atom. The van der Waals surface area contributed by atoms with Gasteiger partial charge in [-0.25, -0.2) is 9.48 Å². The summed E-state index contributed by atoms with van der Waals surface area (Å²) in [5, 5.41) is 7.90. The highest BCUT2D eigenvalue weighted by Crippen LogP contribution is 2.22. The molecule has 1 fully saturated rings. The lowest BCUT2D eigenvalue weighted by molar-refractivity contribution is -0.143. The second-order valence-electron chi connectivity index (χ2n) is 8.08. The molecular formula is C24H26N6O4. The van der Waals surface area contributed by atoms with Gasteiger partial charge in [-0.05, 0) is 23.6 Å². The number of carbonyl (C=O) groups is 2. The molecule has 10 heteroatoms.